The third-order valence-electron chi connectivity index (χ3n) is 5.01. The number of likely N-dealkylation sites (N-methyl/N-ethyl adjacent to an activating group) is 1. The molecule has 0 bridgehead atoms. The Hall–Kier alpha value is -4.15. The number of amides is 1. The van der Waals surface area contributed by atoms with Crippen molar-refractivity contribution in [1.82, 2.24) is 9.47 Å². The van der Waals surface area contributed by atoms with Gasteiger partial charge in [-0.2, -0.15) is 0 Å². The average molecular weight is 457 g/mol. The van der Waals surface area contributed by atoms with Crippen LogP contribution in [0.2, 0.25) is 0 Å². The number of nitro benzene ring substituents is 1. The van der Waals surface area contributed by atoms with Gasteiger partial charge in [-0.1, -0.05) is 18.2 Å². The number of non-ortho nitro benzene ring substituents is 1. The summed E-state index contributed by atoms with van der Waals surface area (Å²) in [5.74, 6) is -0.962. The van der Waals surface area contributed by atoms with Crippen molar-refractivity contribution in [1.29, 1.82) is 0 Å². The van der Waals surface area contributed by atoms with Gasteiger partial charge in [0.1, 0.15) is 5.75 Å². The van der Waals surface area contributed by atoms with E-state index in [1.807, 2.05) is 18.2 Å². The summed E-state index contributed by atoms with van der Waals surface area (Å²) in [7, 11) is 3.15. The average Bonchev–Trinajstić information content (AvgIpc) is 3.11. The van der Waals surface area contributed by atoms with Crippen molar-refractivity contribution in [3.8, 4) is 5.75 Å². The van der Waals surface area contributed by atoms with Gasteiger partial charge in [0.2, 0.25) is 0 Å². The van der Waals surface area contributed by atoms with Crippen molar-refractivity contribution < 1.29 is 28.4 Å². The van der Waals surface area contributed by atoms with Gasteiger partial charge >= 0.3 is 11.7 Å². The molecule has 3 rings (SSSR count). The maximum absolute atomic E-state index is 12.3. The second-order valence-corrected chi connectivity index (χ2v) is 7.25. The molecule has 0 spiro atoms. The molecule has 0 radical (unpaired) electrons. The summed E-state index contributed by atoms with van der Waals surface area (Å²) in [5, 5.41) is 10.9. The molecule has 33 heavy (non-hydrogen) atoms. The first kappa shape index (κ1) is 23.5. The quantitative estimate of drug-likeness (QED) is 0.257. The Balaban J connectivity index is 1.48. The zero-order valence-electron chi connectivity index (χ0n) is 18.2. The van der Waals surface area contributed by atoms with Crippen LogP contribution in [0.5, 0.6) is 5.75 Å². The SMILES string of the molecule is COc1ccccc1CN(C)C(=O)COC(=O)CCCn1c(=O)oc2cc([N+](=O)[O-])ccc21. The first-order valence-corrected chi connectivity index (χ1v) is 10.1. The van der Waals surface area contributed by atoms with Crippen LogP contribution in [0.4, 0.5) is 5.69 Å². The number of hydrogen-bond donors (Lipinski definition) is 0. The molecule has 0 saturated carbocycles. The normalized spacial score (nSPS) is 10.7. The number of ether oxygens (including phenoxy) is 2. The fourth-order valence-electron chi connectivity index (χ4n) is 3.26. The van der Waals surface area contributed by atoms with Crippen molar-refractivity contribution in [3.05, 3.63) is 68.7 Å². The number of oxazole rings is 1. The lowest BCUT2D eigenvalue weighted by Gasteiger charge is -2.18. The minimum Gasteiger partial charge on any atom is -0.496 e. The van der Waals surface area contributed by atoms with Crippen LogP contribution in [0.15, 0.2) is 51.7 Å². The van der Waals surface area contributed by atoms with Crippen LogP contribution in [0.25, 0.3) is 11.1 Å². The highest BCUT2D eigenvalue weighted by Gasteiger charge is 2.16. The molecule has 3 aromatic rings. The summed E-state index contributed by atoms with van der Waals surface area (Å²) >= 11 is 0. The Morgan fingerprint density at radius 3 is 2.70 bits per heavy atom. The number of aryl methyl sites for hydroxylation is 1. The molecule has 0 aliphatic rings. The van der Waals surface area contributed by atoms with E-state index in [1.54, 1.807) is 20.2 Å². The standard InChI is InChI=1S/C22H23N3O8/c1-23(13-15-6-3-4-7-18(15)31-2)20(26)14-32-21(27)8-5-11-24-17-10-9-16(25(29)30)12-19(17)33-22(24)28/h3-4,6-7,9-10,12H,5,8,11,13-14H2,1-2H3. The Labute approximate surface area is 188 Å². The Morgan fingerprint density at radius 2 is 1.97 bits per heavy atom. The number of para-hydroxylation sites is 1. The number of benzene rings is 2. The van der Waals surface area contributed by atoms with Gasteiger partial charge < -0.3 is 18.8 Å². The molecule has 0 unspecified atom stereocenters. The molecule has 0 saturated heterocycles. The lowest BCUT2D eigenvalue weighted by Crippen LogP contribution is -2.31. The van der Waals surface area contributed by atoms with Gasteiger partial charge in [-0.05, 0) is 18.6 Å². The van der Waals surface area contributed by atoms with E-state index < -0.39 is 23.3 Å². The minimum absolute atomic E-state index is 0.0183. The van der Waals surface area contributed by atoms with Crippen molar-refractivity contribution in [2.24, 2.45) is 0 Å². The molecule has 1 aromatic heterocycles. The number of rotatable bonds is 10. The maximum atomic E-state index is 12.3. The van der Waals surface area contributed by atoms with Crippen LogP contribution in [-0.2, 0) is 27.4 Å². The highest BCUT2D eigenvalue weighted by Crippen LogP contribution is 2.21. The topological polar surface area (TPSA) is 134 Å². The summed E-state index contributed by atoms with van der Waals surface area (Å²) in [6.45, 7) is 0.0537. The second-order valence-electron chi connectivity index (χ2n) is 7.25. The van der Waals surface area contributed by atoms with E-state index in [4.69, 9.17) is 13.9 Å². The molecule has 11 nitrogen and oxygen atoms in total. The molecule has 1 heterocycles. The number of esters is 1. The van der Waals surface area contributed by atoms with Gasteiger partial charge in [-0.3, -0.25) is 24.3 Å². The van der Waals surface area contributed by atoms with E-state index in [0.717, 1.165) is 5.56 Å². The third kappa shape index (κ3) is 5.76. The van der Waals surface area contributed by atoms with Gasteiger partial charge in [0.05, 0.1) is 23.6 Å². The van der Waals surface area contributed by atoms with Gasteiger partial charge in [0, 0.05) is 38.2 Å². The first-order chi connectivity index (χ1) is 15.8. The number of carbonyl (C=O) groups excluding carboxylic acids is 2. The molecular weight excluding hydrogens is 434 g/mol. The van der Waals surface area contributed by atoms with Gasteiger partial charge in [-0.15, -0.1) is 0 Å². The van der Waals surface area contributed by atoms with E-state index in [-0.39, 0.29) is 36.6 Å². The number of carbonyl (C=O) groups is 2. The smallest absolute Gasteiger partial charge is 0.419 e. The predicted molar refractivity (Wildman–Crippen MR) is 117 cm³/mol. The van der Waals surface area contributed by atoms with Crippen LogP contribution in [0, 0.1) is 10.1 Å². The van der Waals surface area contributed by atoms with E-state index >= 15 is 0 Å². The molecule has 2 aromatic carbocycles. The van der Waals surface area contributed by atoms with Gasteiger partial charge in [0.25, 0.3) is 11.6 Å². The van der Waals surface area contributed by atoms with E-state index in [2.05, 4.69) is 0 Å². The van der Waals surface area contributed by atoms with Crippen LogP contribution in [0.3, 0.4) is 0 Å². The lowest BCUT2D eigenvalue weighted by atomic mass is 10.2. The van der Waals surface area contributed by atoms with Gasteiger partial charge in [-0.25, -0.2) is 4.79 Å². The molecular formula is C22H23N3O8. The van der Waals surface area contributed by atoms with Crippen molar-refractivity contribution in [3.63, 3.8) is 0 Å². The Morgan fingerprint density at radius 1 is 1.21 bits per heavy atom. The van der Waals surface area contributed by atoms with Crippen LogP contribution in [0.1, 0.15) is 18.4 Å². The third-order valence-corrected chi connectivity index (χ3v) is 5.01. The Bertz CT molecular complexity index is 1230. The molecule has 0 aliphatic carbocycles. The summed E-state index contributed by atoms with van der Waals surface area (Å²) in [6, 6.07) is 11.2. The van der Waals surface area contributed by atoms with Crippen LogP contribution in [-0.4, -0.2) is 47.0 Å². The van der Waals surface area contributed by atoms with E-state index in [0.29, 0.717) is 17.8 Å². The lowest BCUT2D eigenvalue weighted by molar-refractivity contribution is -0.384. The number of fused-ring (bicyclic) bond motifs is 1. The van der Waals surface area contributed by atoms with Crippen molar-refractivity contribution >= 4 is 28.7 Å². The van der Waals surface area contributed by atoms with E-state index in [9.17, 15) is 24.5 Å². The zero-order chi connectivity index (χ0) is 24.0. The van der Waals surface area contributed by atoms with Crippen LogP contribution >= 0.6 is 0 Å². The monoisotopic (exact) mass is 457 g/mol. The maximum Gasteiger partial charge on any atom is 0.419 e. The number of nitrogens with zero attached hydrogens (tertiary/aromatic N) is 3. The fourth-order valence-corrected chi connectivity index (χ4v) is 3.26. The molecule has 11 heteroatoms. The summed E-state index contributed by atoms with van der Waals surface area (Å²) in [4.78, 5) is 48.0. The van der Waals surface area contributed by atoms with Crippen molar-refractivity contribution in [2.45, 2.75) is 25.9 Å². The summed E-state index contributed by atoms with van der Waals surface area (Å²) < 4.78 is 16.7. The molecule has 1 amide bonds. The molecule has 0 fully saturated rings. The van der Waals surface area contributed by atoms with Crippen molar-refractivity contribution in [2.75, 3.05) is 20.8 Å². The van der Waals surface area contributed by atoms with E-state index in [1.165, 1.54) is 27.7 Å². The molecule has 0 aliphatic heterocycles. The van der Waals surface area contributed by atoms with Gasteiger partial charge in [0.15, 0.2) is 12.2 Å². The summed E-state index contributed by atoms with van der Waals surface area (Å²) in [5.41, 5.74) is 1.13. The number of aromatic nitrogens is 1. The Kier molecular flexibility index (Phi) is 7.44. The summed E-state index contributed by atoms with van der Waals surface area (Å²) in [6.07, 6.45) is 0.241. The molecule has 0 N–H and O–H groups in total. The molecule has 174 valence electrons. The minimum atomic E-state index is -0.674. The molecule has 0 atom stereocenters. The highest BCUT2D eigenvalue weighted by atomic mass is 16.6. The highest BCUT2D eigenvalue weighted by molar-refractivity contribution is 5.80. The predicted octanol–water partition coefficient (Wildman–Crippen LogP) is 2.49. The first-order valence-electron chi connectivity index (χ1n) is 10.1. The zero-order valence-corrected chi connectivity index (χ0v) is 18.2. The fraction of sp³-hybridized carbons (Fsp3) is 0.318. The number of hydrogen-bond acceptors (Lipinski definition) is 8. The number of nitro groups is 1. The largest absolute Gasteiger partial charge is 0.496 e. The second kappa shape index (κ2) is 10.4. The number of methoxy groups -OCH3 is 1. The van der Waals surface area contributed by atoms with Crippen LogP contribution < -0.4 is 10.5 Å².